The van der Waals surface area contributed by atoms with Crippen molar-refractivity contribution >= 4 is 28.0 Å². The van der Waals surface area contributed by atoms with Crippen molar-refractivity contribution < 1.29 is 18.7 Å². The van der Waals surface area contributed by atoms with E-state index in [2.05, 4.69) is 20.9 Å². The Balaban J connectivity index is 1.60. The van der Waals surface area contributed by atoms with Crippen molar-refractivity contribution in [2.24, 2.45) is 0 Å². The molecule has 0 radical (unpaired) electrons. The normalized spacial score (nSPS) is 10.8. The van der Waals surface area contributed by atoms with E-state index in [1.165, 1.54) is 12.3 Å². The number of halogens is 1. The van der Waals surface area contributed by atoms with Gasteiger partial charge in [0.15, 0.2) is 0 Å². The predicted molar refractivity (Wildman–Crippen MR) is 101 cm³/mol. The van der Waals surface area contributed by atoms with Gasteiger partial charge in [-0.1, -0.05) is 34.1 Å². The summed E-state index contributed by atoms with van der Waals surface area (Å²) in [6.45, 7) is 0.0368. The second kappa shape index (κ2) is 8.49. The highest BCUT2D eigenvalue weighted by atomic mass is 79.9. The number of ether oxygens (including phenoxy) is 2. The van der Waals surface area contributed by atoms with E-state index >= 15 is 0 Å². The Morgan fingerprint density at radius 1 is 1.23 bits per heavy atom. The highest BCUT2D eigenvalue weighted by molar-refractivity contribution is 9.10. The Bertz CT molecular complexity index is 919. The van der Waals surface area contributed by atoms with E-state index < -0.39 is 5.97 Å². The molecule has 0 unspecified atom stereocenters. The topological polar surface area (TPSA) is 61.6 Å². The summed E-state index contributed by atoms with van der Waals surface area (Å²) >= 11 is 3.39. The first-order valence-electron chi connectivity index (χ1n) is 7.84. The van der Waals surface area contributed by atoms with Crippen molar-refractivity contribution in [1.29, 1.82) is 0 Å². The Morgan fingerprint density at radius 2 is 2.04 bits per heavy atom. The van der Waals surface area contributed by atoms with Gasteiger partial charge in [0.1, 0.15) is 24.3 Å². The minimum Gasteiger partial charge on any atom is -0.496 e. The summed E-state index contributed by atoms with van der Waals surface area (Å²) in [5, 5.41) is 0. The van der Waals surface area contributed by atoms with Gasteiger partial charge in [0.2, 0.25) is 5.89 Å². The molecule has 0 atom stereocenters. The van der Waals surface area contributed by atoms with Crippen LogP contribution in [0.2, 0.25) is 0 Å². The number of hydrogen-bond donors (Lipinski definition) is 0. The lowest BCUT2D eigenvalue weighted by Gasteiger charge is -2.04. The van der Waals surface area contributed by atoms with Gasteiger partial charge in [-0.05, 0) is 36.4 Å². The number of carbonyl (C=O) groups excluding carboxylic acids is 1. The summed E-state index contributed by atoms with van der Waals surface area (Å²) in [5.74, 6) is 0.684. The summed E-state index contributed by atoms with van der Waals surface area (Å²) in [7, 11) is 1.58. The molecular formula is C20H16BrNO4. The lowest BCUT2D eigenvalue weighted by atomic mass is 10.2. The number of esters is 1. The number of hydrogen-bond acceptors (Lipinski definition) is 5. The van der Waals surface area contributed by atoms with Crippen molar-refractivity contribution in [2.45, 2.75) is 6.61 Å². The predicted octanol–water partition coefficient (Wildman–Crippen LogP) is 4.87. The Kier molecular flexibility index (Phi) is 5.86. The fourth-order valence-corrected chi connectivity index (χ4v) is 2.65. The minimum atomic E-state index is -0.476. The number of nitrogens with zero attached hydrogens (tertiary/aromatic N) is 1. The first-order chi connectivity index (χ1) is 12.7. The second-order valence-electron chi connectivity index (χ2n) is 5.34. The quantitative estimate of drug-likeness (QED) is 0.426. The standard InChI is InChI=1S/C20H16BrNO4/c1-24-18-9-8-16(21)11-15(18)7-10-19(23)25-12-17-13-26-20(22-17)14-5-3-2-4-6-14/h2-11,13H,12H2,1H3/b10-7+. The molecule has 6 heteroatoms. The molecule has 26 heavy (non-hydrogen) atoms. The van der Waals surface area contributed by atoms with Gasteiger partial charge in [-0.25, -0.2) is 9.78 Å². The number of carbonyl (C=O) groups is 1. The average Bonchev–Trinajstić information content (AvgIpc) is 3.14. The fraction of sp³-hybridized carbons (Fsp3) is 0.100. The SMILES string of the molecule is COc1ccc(Br)cc1/C=C/C(=O)OCc1coc(-c2ccccc2)n1. The van der Waals surface area contributed by atoms with Crippen LogP contribution >= 0.6 is 15.9 Å². The molecule has 0 saturated carbocycles. The molecule has 0 aliphatic carbocycles. The highest BCUT2D eigenvalue weighted by Crippen LogP contribution is 2.24. The van der Waals surface area contributed by atoms with Crippen LogP contribution in [-0.4, -0.2) is 18.1 Å². The molecular weight excluding hydrogens is 398 g/mol. The molecule has 0 bridgehead atoms. The second-order valence-corrected chi connectivity index (χ2v) is 6.25. The summed E-state index contributed by atoms with van der Waals surface area (Å²) < 4.78 is 16.8. The van der Waals surface area contributed by atoms with E-state index in [0.717, 1.165) is 15.6 Å². The van der Waals surface area contributed by atoms with Crippen LogP contribution in [0.4, 0.5) is 0 Å². The molecule has 0 fully saturated rings. The van der Waals surface area contributed by atoms with E-state index in [1.54, 1.807) is 13.2 Å². The highest BCUT2D eigenvalue weighted by Gasteiger charge is 2.08. The summed E-state index contributed by atoms with van der Waals surface area (Å²) in [4.78, 5) is 16.2. The number of oxazole rings is 1. The van der Waals surface area contributed by atoms with E-state index in [-0.39, 0.29) is 6.61 Å². The van der Waals surface area contributed by atoms with E-state index in [1.807, 2.05) is 48.5 Å². The molecule has 3 aromatic rings. The lowest BCUT2D eigenvalue weighted by Crippen LogP contribution is -2.01. The van der Waals surface area contributed by atoms with E-state index in [0.29, 0.717) is 17.3 Å². The van der Waals surface area contributed by atoms with Crippen LogP contribution in [0.5, 0.6) is 5.75 Å². The Morgan fingerprint density at radius 3 is 2.81 bits per heavy atom. The van der Waals surface area contributed by atoms with Crippen LogP contribution in [0.25, 0.3) is 17.5 Å². The van der Waals surface area contributed by atoms with Gasteiger partial charge in [-0.3, -0.25) is 0 Å². The largest absolute Gasteiger partial charge is 0.496 e. The molecule has 5 nitrogen and oxygen atoms in total. The van der Waals surface area contributed by atoms with Crippen LogP contribution in [-0.2, 0) is 16.1 Å². The number of benzene rings is 2. The number of methoxy groups -OCH3 is 1. The molecule has 0 saturated heterocycles. The monoisotopic (exact) mass is 413 g/mol. The van der Waals surface area contributed by atoms with Gasteiger partial charge in [0.05, 0.1) is 7.11 Å². The summed E-state index contributed by atoms with van der Waals surface area (Å²) in [5.41, 5.74) is 2.18. The van der Waals surface area contributed by atoms with Crippen molar-refractivity contribution in [1.82, 2.24) is 4.98 Å². The van der Waals surface area contributed by atoms with Crippen LogP contribution < -0.4 is 4.74 Å². The average molecular weight is 414 g/mol. The zero-order chi connectivity index (χ0) is 18.4. The smallest absolute Gasteiger partial charge is 0.331 e. The van der Waals surface area contributed by atoms with E-state index in [9.17, 15) is 4.79 Å². The number of aromatic nitrogens is 1. The van der Waals surface area contributed by atoms with Gasteiger partial charge < -0.3 is 13.9 Å². The van der Waals surface area contributed by atoms with Crippen LogP contribution in [0.3, 0.4) is 0 Å². The van der Waals surface area contributed by atoms with Gasteiger partial charge in [0, 0.05) is 21.7 Å². The maximum atomic E-state index is 11.9. The van der Waals surface area contributed by atoms with E-state index in [4.69, 9.17) is 13.9 Å². The van der Waals surface area contributed by atoms with Gasteiger partial charge >= 0.3 is 5.97 Å². The molecule has 0 spiro atoms. The fourth-order valence-electron chi connectivity index (χ4n) is 2.27. The third kappa shape index (κ3) is 4.61. The Labute approximate surface area is 159 Å². The molecule has 132 valence electrons. The van der Waals surface area contributed by atoms with Gasteiger partial charge in [-0.2, -0.15) is 0 Å². The zero-order valence-electron chi connectivity index (χ0n) is 14.0. The molecule has 0 N–H and O–H groups in total. The molecule has 0 aliphatic heterocycles. The number of rotatable bonds is 6. The lowest BCUT2D eigenvalue weighted by molar-refractivity contribution is -0.139. The Hall–Kier alpha value is -2.86. The summed E-state index contributed by atoms with van der Waals surface area (Å²) in [6.07, 6.45) is 4.48. The van der Waals surface area contributed by atoms with Crippen molar-refractivity contribution in [3.05, 3.63) is 76.6 Å². The molecule has 0 aliphatic rings. The van der Waals surface area contributed by atoms with Gasteiger partial charge in [0.25, 0.3) is 0 Å². The van der Waals surface area contributed by atoms with Crippen molar-refractivity contribution in [3.8, 4) is 17.2 Å². The molecule has 0 amide bonds. The first kappa shape index (κ1) is 17.9. The van der Waals surface area contributed by atoms with Crippen LogP contribution in [0.15, 0.2) is 69.8 Å². The van der Waals surface area contributed by atoms with Crippen LogP contribution in [0.1, 0.15) is 11.3 Å². The minimum absolute atomic E-state index is 0.0368. The van der Waals surface area contributed by atoms with Crippen LogP contribution in [0, 0.1) is 0 Å². The third-order valence-electron chi connectivity index (χ3n) is 3.53. The maximum absolute atomic E-state index is 11.9. The molecule has 3 rings (SSSR count). The molecule has 2 aromatic carbocycles. The zero-order valence-corrected chi connectivity index (χ0v) is 15.6. The maximum Gasteiger partial charge on any atom is 0.331 e. The van der Waals surface area contributed by atoms with Crippen molar-refractivity contribution in [2.75, 3.05) is 7.11 Å². The first-order valence-corrected chi connectivity index (χ1v) is 8.63. The third-order valence-corrected chi connectivity index (χ3v) is 4.02. The van der Waals surface area contributed by atoms with Crippen molar-refractivity contribution in [3.63, 3.8) is 0 Å². The molecule has 1 aromatic heterocycles. The summed E-state index contributed by atoms with van der Waals surface area (Å²) in [6, 6.07) is 15.1. The van der Waals surface area contributed by atoms with Gasteiger partial charge in [-0.15, -0.1) is 0 Å². The molecule has 1 heterocycles.